The number of likely N-dealkylation sites (N-methyl/N-ethyl adjacent to an activating group) is 1. The first-order chi connectivity index (χ1) is 15.3. The van der Waals surface area contributed by atoms with Gasteiger partial charge in [-0.05, 0) is 30.2 Å². The number of ether oxygens (including phenoxy) is 1. The van der Waals surface area contributed by atoms with Crippen molar-refractivity contribution in [2.24, 2.45) is 0 Å². The molecule has 0 unspecified atom stereocenters. The second kappa shape index (κ2) is 10.9. The van der Waals surface area contributed by atoms with Crippen LogP contribution in [0.2, 0.25) is 5.02 Å². The summed E-state index contributed by atoms with van der Waals surface area (Å²) < 4.78 is 32.4. The third-order valence-electron chi connectivity index (χ3n) is 5.08. The molecule has 2 aromatic carbocycles. The third-order valence-corrected chi connectivity index (χ3v) is 7.46. The van der Waals surface area contributed by atoms with Crippen LogP contribution in [0.4, 0.5) is 5.69 Å². The minimum Gasteiger partial charge on any atom is -0.379 e. The number of rotatable bonds is 8. The Morgan fingerprint density at radius 2 is 1.81 bits per heavy atom. The van der Waals surface area contributed by atoms with E-state index in [9.17, 15) is 18.0 Å². The van der Waals surface area contributed by atoms with E-state index in [2.05, 4.69) is 5.32 Å². The molecule has 1 aliphatic heterocycles. The van der Waals surface area contributed by atoms with E-state index >= 15 is 0 Å². The topological polar surface area (TPSA) is 96.0 Å². The van der Waals surface area contributed by atoms with Crippen LogP contribution in [0, 0.1) is 0 Å². The lowest BCUT2D eigenvalue weighted by atomic mass is 10.1. The fourth-order valence-corrected chi connectivity index (χ4v) is 5.20. The van der Waals surface area contributed by atoms with Gasteiger partial charge in [0.1, 0.15) is 4.90 Å². The Kier molecular flexibility index (Phi) is 8.25. The summed E-state index contributed by atoms with van der Waals surface area (Å²) in [6, 6.07) is 13.9. The molecular weight excluding hydrogens is 454 g/mol. The van der Waals surface area contributed by atoms with E-state index in [1.807, 2.05) is 30.3 Å². The zero-order chi connectivity index (χ0) is 23.1. The van der Waals surface area contributed by atoms with Gasteiger partial charge >= 0.3 is 0 Å². The molecule has 0 saturated carbocycles. The van der Waals surface area contributed by atoms with Gasteiger partial charge in [0.25, 0.3) is 0 Å². The van der Waals surface area contributed by atoms with Crippen molar-refractivity contribution in [1.82, 2.24) is 9.21 Å². The predicted octanol–water partition coefficient (Wildman–Crippen LogP) is 2.39. The molecule has 1 aliphatic rings. The SMILES string of the molecule is CN(CC(=O)Nc1ccc(Cl)c(S(=O)(=O)N2CCOCC2)c1)C(=O)CCc1ccccc1. The lowest BCUT2D eigenvalue weighted by Gasteiger charge is -2.26. The number of carbonyl (C=O) groups excluding carboxylic acids is 2. The van der Waals surface area contributed by atoms with E-state index < -0.39 is 15.9 Å². The first-order valence-corrected chi connectivity index (χ1v) is 12.0. The molecule has 0 atom stereocenters. The largest absolute Gasteiger partial charge is 0.379 e. The van der Waals surface area contributed by atoms with Gasteiger partial charge in [-0.2, -0.15) is 4.31 Å². The molecule has 0 radical (unpaired) electrons. The van der Waals surface area contributed by atoms with Gasteiger partial charge in [0.05, 0.1) is 24.8 Å². The van der Waals surface area contributed by atoms with Crippen LogP contribution in [-0.2, 0) is 30.8 Å². The van der Waals surface area contributed by atoms with Crippen molar-refractivity contribution >= 4 is 39.1 Å². The number of hydrogen-bond acceptors (Lipinski definition) is 5. The zero-order valence-electron chi connectivity index (χ0n) is 17.8. The molecule has 3 rings (SSSR count). The summed E-state index contributed by atoms with van der Waals surface area (Å²) in [4.78, 5) is 26.0. The molecule has 0 spiro atoms. The Hall–Kier alpha value is -2.46. The van der Waals surface area contributed by atoms with Gasteiger partial charge in [-0.1, -0.05) is 41.9 Å². The Bertz CT molecular complexity index is 1060. The van der Waals surface area contributed by atoms with Crippen LogP contribution in [-0.4, -0.2) is 69.3 Å². The van der Waals surface area contributed by atoms with Crippen LogP contribution in [0.15, 0.2) is 53.4 Å². The van der Waals surface area contributed by atoms with Gasteiger partial charge in [0, 0.05) is 32.2 Å². The van der Waals surface area contributed by atoms with Crippen molar-refractivity contribution in [1.29, 1.82) is 0 Å². The number of amides is 2. The average Bonchev–Trinajstić information content (AvgIpc) is 2.79. The van der Waals surface area contributed by atoms with Gasteiger partial charge in [-0.25, -0.2) is 8.42 Å². The maximum absolute atomic E-state index is 12.9. The number of carbonyl (C=O) groups is 2. The molecule has 1 fully saturated rings. The van der Waals surface area contributed by atoms with E-state index in [0.29, 0.717) is 19.6 Å². The van der Waals surface area contributed by atoms with Gasteiger partial charge in [0.15, 0.2) is 0 Å². The van der Waals surface area contributed by atoms with Crippen molar-refractivity contribution in [2.75, 3.05) is 45.2 Å². The molecule has 0 aromatic heterocycles. The van der Waals surface area contributed by atoms with Gasteiger partial charge in [-0.15, -0.1) is 0 Å². The number of sulfonamides is 1. The number of hydrogen-bond donors (Lipinski definition) is 1. The highest BCUT2D eigenvalue weighted by molar-refractivity contribution is 7.89. The molecule has 0 aliphatic carbocycles. The van der Waals surface area contributed by atoms with Crippen molar-refractivity contribution < 1.29 is 22.7 Å². The maximum atomic E-state index is 12.9. The first kappa shape index (κ1) is 24.2. The number of nitrogens with one attached hydrogen (secondary N) is 1. The highest BCUT2D eigenvalue weighted by atomic mass is 35.5. The molecular formula is C22H26ClN3O5S. The number of halogens is 1. The molecule has 10 heteroatoms. The molecule has 1 saturated heterocycles. The highest BCUT2D eigenvalue weighted by Gasteiger charge is 2.28. The second-order valence-electron chi connectivity index (χ2n) is 7.45. The first-order valence-electron chi connectivity index (χ1n) is 10.2. The summed E-state index contributed by atoms with van der Waals surface area (Å²) in [7, 11) is -2.26. The third kappa shape index (κ3) is 6.29. The number of anilines is 1. The molecule has 2 amide bonds. The van der Waals surface area contributed by atoms with Crippen LogP contribution < -0.4 is 5.32 Å². The fraction of sp³-hybridized carbons (Fsp3) is 0.364. The second-order valence-corrected chi connectivity index (χ2v) is 9.76. The molecule has 8 nitrogen and oxygen atoms in total. The van der Waals surface area contributed by atoms with Crippen LogP contribution >= 0.6 is 11.6 Å². The van der Waals surface area contributed by atoms with Gasteiger partial charge in [-0.3, -0.25) is 9.59 Å². The Morgan fingerprint density at radius 1 is 1.12 bits per heavy atom. The summed E-state index contributed by atoms with van der Waals surface area (Å²) >= 11 is 6.15. The van der Waals surface area contributed by atoms with Crippen molar-refractivity contribution in [3.05, 3.63) is 59.1 Å². The summed E-state index contributed by atoms with van der Waals surface area (Å²) in [5, 5.41) is 2.72. The normalized spacial score (nSPS) is 14.7. The fourth-order valence-electron chi connectivity index (χ4n) is 3.30. The Balaban J connectivity index is 1.60. The van der Waals surface area contributed by atoms with E-state index in [4.69, 9.17) is 16.3 Å². The Labute approximate surface area is 193 Å². The number of benzene rings is 2. The van der Waals surface area contributed by atoms with E-state index in [-0.39, 0.29) is 47.6 Å². The van der Waals surface area contributed by atoms with E-state index in [1.54, 1.807) is 7.05 Å². The zero-order valence-corrected chi connectivity index (χ0v) is 19.4. The molecule has 172 valence electrons. The molecule has 1 heterocycles. The standard InChI is InChI=1S/C22H26ClN3O5S/c1-25(22(28)10-7-17-5-3-2-4-6-17)16-21(27)24-18-8-9-19(23)20(15-18)32(29,30)26-11-13-31-14-12-26/h2-6,8-9,15H,7,10-14,16H2,1H3,(H,24,27). The smallest absolute Gasteiger partial charge is 0.244 e. The summed E-state index contributed by atoms with van der Waals surface area (Å²) in [5.74, 6) is -0.590. The summed E-state index contributed by atoms with van der Waals surface area (Å²) in [6.45, 7) is 0.966. The molecule has 2 aromatic rings. The minimum absolute atomic E-state index is 0.0719. The van der Waals surface area contributed by atoms with Crippen LogP contribution in [0.1, 0.15) is 12.0 Å². The van der Waals surface area contributed by atoms with Gasteiger partial charge in [0.2, 0.25) is 21.8 Å². The lowest BCUT2D eigenvalue weighted by Crippen LogP contribution is -2.40. The number of morpholine rings is 1. The van der Waals surface area contributed by atoms with Crippen molar-refractivity contribution in [3.8, 4) is 0 Å². The maximum Gasteiger partial charge on any atom is 0.244 e. The average molecular weight is 480 g/mol. The van der Waals surface area contributed by atoms with E-state index in [1.165, 1.54) is 27.4 Å². The highest BCUT2D eigenvalue weighted by Crippen LogP contribution is 2.28. The van der Waals surface area contributed by atoms with Gasteiger partial charge < -0.3 is 15.0 Å². The van der Waals surface area contributed by atoms with Crippen molar-refractivity contribution in [2.45, 2.75) is 17.7 Å². The number of nitrogens with zero attached hydrogens (tertiary/aromatic N) is 2. The lowest BCUT2D eigenvalue weighted by molar-refractivity contribution is -0.133. The summed E-state index contributed by atoms with van der Waals surface area (Å²) in [5.41, 5.74) is 1.34. The quantitative estimate of drug-likeness (QED) is 0.627. The predicted molar refractivity (Wildman–Crippen MR) is 122 cm³/mol. The van der Waals surface area contributed by atoms with Crippen LogP contribution in [0.5, 0.6) is 0 Å². The molecule has 32 heavy (non-hydrogen) atoms. The minimum atomic E-state index is -3.82. The van der Waals surface area contributed by atoms with Crippen molar-refractivity contribution in [3.63, 3.8) is 0 Å². The number of aryl methyl sites for hydroxylation is 1. The molecule has 1 N–H and O–H groups in total. The Morgan fingerprint density at radius 3 is 2.50 bits per heavy atom. The van der Waals surface area contributed by atoms with Crippen LogP contribution in [0.3, 0.4) is 0 Å². The monoisotopic (exact) mass is 479 g/mol. The summed E-state index contributed by atoms with van der Waals surface area (Å²) in [6.07, 6.45) is 0.877. The van der Waals surface area contributed by atoms with Crippen LogP contribution in [0.25, 0.3) is 0 Å². The molecule has 0 bridgehead atoms. The van der Waals surface area contributed by atoms with E-state index in [0.717, 1.165) is 5.56 Å².